The molecule has 0 unspecified atom stereocenters. The summed E-state index contributed by atoms with van der Waals surface area (Å²) in [6, 6.07) is 23.1. The topological polar surface area (TPSA) is 76.9 Å². The quantitative estimate of drug-likeness (QED) is 0.316. The highest BCUT2D eigenvalue weighted by Gasteiger charge is 2.16. The molecule has 29 heavy (non-hydrogen) atoms. The number of aromatic nitrogens is 3. The molecule has 0 fully saturated rings. The van der Waals surface area contributed by atoms with Crippen LogP contribution < -0.4 is 4.74 Å². The van der Waals surface area contributed by atoms with E-state index in [2.05, 4.69) is 33.0 Å². The molecule has 0 aliphatic carbocycles. The minimum absolute atomic E-state index is 0.519. The highest BCUT2D eigenvalue weighted by Crippen LogP contribution is 2.25. The molecule has 4 aromatic rings. The number of nitriles is 1. The number of thioether (sulfide) groups is 1. The lowest BCUT2D eigenvalue weighted by atomic mass is 10.2. The lowest BCUT2D eigenvalue weighted by molar-refractivity contribution is 0.344. The van der Waals surface area contributed by atoms with Gasteiger partial charge in [0.25, 0.3) is 0 Å². The van der Waals surface area contributed by atoms with Crippen molar-refractivity contribution in [2.75, 3.05) is 12.4 Å². The third kappa shape index (κ3) is 4.68. The predicted octanol–water partition coefficient (Wildman–Crippen LogP) is 4.63. The zero-order valence-corrected chi connectivity index (χ0v) is 16.4. The predicted molar refractivity (Wildman–Crippen MR) is 111 cm³/mol. The second-order valence-corrected chi connectivity index (χ2v) is 7.25. The van der Waals surface area contributed by atoms with E-state index in [9.17, 15) is 0 Å². The first kappa shape index (κ1) is 18.8. The Balaban J connectivity index is 1.44. The van der Waals surface area contributed by atoms with E-state index >= 15 is 0 Å². The Morgan fingerprint density at radius 3 is 2.55 bits per heavy atom. The monoisotopic (exact) mass is 402 g/mol. The fraction of sp³-hybridized carbons (Fsp3) is 0.136. The number of hydrogen-bond donors (Lipinski definition) is 0. The third-order valence-corrected chi connectivity index (χ3v) is 5.14. The van der Waals surface area contributed by atoms with Crippen LogP contribution in [0.3, 0.4) is 0 Å². The van der Waals surface area contributed by atoms with Crippen LogP contribution in [0.2, 0.25) is 0 Å². The number of rotatable bonds is 8. The van der Waals surface area contributed by atoms with Crippen LogP contribution in [0.5, 0.6) is 5.75 Å². The Bertz CT molecular complexity index is 1080. The molecule has 0 atom stereocenters. The molecule has 2 heterocycles. The number of nitrogens with zero attached hydrogens (tertiary/aromatic N) is 4. The van der Waals surface area contributed by atoms with Gasteiger partial charge in [-0.1, -0.05) is 42.1 Å². The summed E-state index contributed by atoms with van der Waals surface area (Å²) < 4.78 is 13.3. The van der Waals surface area contributed by atoms with Gasteiger partial charge in [-0.2, -0.15) is 5.26 Å². The van der Waals surface area contributed by atoms with Crippen LogP contribution >= 0.6 is 11.8 Å². The Morgan fingerprint density at radius 2 is 1.83 bits per heavy atom. The van der Waals surface area contributed by atoms with Crippen molar-refractivity contribution in [2.45, 2.75) is 11.7 Å². The van der Waals surface area contributed by atoms with E-state index in [1.54, 1.807) is 42.3 Å². The summed E-state index contributed by atoms with van der Waals surface area (Å²) in [7, 11) is 0. The van der Waals surface area contributed by atoms with Gasteiger partial charge in [-0.15, -0.1) is 10.2 Å². The van der Waals surface area contributed by atoms with Crippen molar-refractivity contribution in [1.82, 2.24) is 14.8 Å². The maximum absolute atomic E-state index is 8.85. The lowest BCUT2D eigenvalue weighted by Crippen LogP contribution is -2.06. The van der Waals surface area contributed by atoms with E-state index < -0.39 is 0 Å². The Kier molecular flexibility index (Phi) is 5.93. The summed E-state index contributed by atoms with van der Waals surface area (Å²) in [4.78, 5) is 0. The molecule has 0 saturated heterocycles. The fourth-order valence-corrected chi connectivity index (χ4v) is 3.56. The summed E-state index contributed by atoms with van der Waals surface area (Å²) in [6.07, 6.45) is 1.63. The minimum Gasteiger partial charge on any atom is -0.493 e. The summed E-state index contributed by atoms with van der Waals surface area (Å²) in [5, 5.41) is 18.4. The zero-order chi connectivity index (χ0) is 19.9. The van der Waals surface area contributed by atoms with E-state index in [-0.39, 0.29) is 0 Å². The fourth-order valence-electron chi connectivity index (χ4n) is 2.81. The molecule has 0 saturated carbocycles. The highest BCUT2D eigenvalue weighted by atomic mass is 32.2. The van der Waals surface area contributed by atoms with Gasteiger partial charge in [0, 0.05) is 5.75 Å². The number of benzene rings is 2. The molecule has 4 rings (SSSR count). The largest absolute Gasteiger partial charge is 0.493 e. The second kappa shape index (κ2) is 9.13. The molecule has 6 nitrogen and oxygen atoms in total. The van der Waals surface area contributed by atoms with Crippen molar-refractivity contribution in [3.8, 4) is 23.4 Å². The van der Waals surface area contributed by atoms with Gasteiger partial charge in [-0.3, -0.25) is 4.57 Å². The van der Waals surface area contributed by atoms with Crippen LogP contribution in [0.4, 0.5) is 0 Å². The smallest absolute Gasteiger partial charge is 0.200 e. The molecule has 0 spiro atoms. The first-order valence-electron chi connectivity index (χ1n) is 9.10. The first-order chi connectivity index (χ1) is 14.3. The SMILES string of the molecule is N#Cc1ccc(OCCSc2nnc(-c3ccco3)n2Cc2ccccc2)cc1. The summed E-state index contributed by atoms with van der Waals surface area (Å²) in [5.41, 5.74) is 1.78. The van der Waals surface area contributed by atoms with Crippen LogP contribution in [0.25, 0.3) is 11.6 Å². The Labute approximate surface area is 172 Å². The van der Waals surface area contributed by atoms with Gasteiger partial charge in [-0.05, 0) is 42.0 Å². The molecule has 2 aromatic carbocycles. The molecule has 0 aliphatic rings. The van der Waals surface area contributed by atoms with E-state index in [1.165, 1.54) is 0 Å². The summed E-state index contributed by atoms with van der Waals surface area (Å²) in [5.74, 6) is 2.85. The molecule has 2 aromatic heterocycles. The molecule has 0 radical (unpaired) electrons. The van der Waals surface area contributed by atoms with E-state index in [0.717, 1.165) is 16.5 Å². The maximum atomic E-state index is 8.85. The van der Waals surface area contributed by atoms with Gasteiger partial charge < -0.3 is 9.15 Å². The van der Waals surface area contributed by atoms with Crippen molar-refractivity contribution in [2.24, 2.45) is 0 Å². The number of ether oxygens (including phenoxy) is 1. The van der Waals surface area contributed by atoms with E-state index in [4.69, 9.17) is 14.4 Å². The van der Waals surface area contributed by atoms with E-state index in [1.807, 2.05) is 30.3 Å². The Hall–Kier alpha value is -3.50. The van der Waals surface area contributed by atoms with Crippen molar-refractivity contribution < 1.29 is 9.15 Å². The lowest BCUT2D eigenvalue weighted by Gasteiger charge is -2.10. The van der Waals surface area contributed by atoms with E-state index in [0.29, 0.717) is 36.1 Å². The Morgan fingerprint density at radius 1 is 1.00 bits per heavy atom. The van der Waals surface area contributed by atoms with Gasteiger partial charge >= 0.3 is 0 Å². The molecular weight excluding hydrogens is 384 g/mol. The average molecular weight is 402 g/mol. The molecular formula is C22H18N4O2S. The number of hydrogen-bond acceptors (Lipinski definition) is 6. The van der Waals surface area contributed by atoms with Crippen molar-refractivity contribution in [3.63, 3.8) is 0 Å². The van der Waals surface area contributed by atoms with Gasteiger partial charge in [0.05, 0.1) is 31.0 Å². The molecule has 0 bridgehead atoms. The molecule has 7 heteroatoms. The third-order valence-electron chi connectivity index (χ3n) is 4.21. The molecule has 0 N–H and O–H groups in total. The van der Waals surface area contributed by atoms with Crippen LogP contribution in [-0.2, 0) is 6.54 Å². The first-order valence-corrected chi connectivity index (χ1v) is 10.1. The van der Waals surface area contributed by atoms with Crippen molar-refractivity contribution in [1.29, 1.82) is 5.26 Å². The van der Waals surface area contributed by atoms with Gasteiger partial charge in [-0.25, -0.2) is 0 Å². The highest BCUT2D eigenvalue weighted by molar-refractivity contribution is 7.99. The van der Waals surface area contributed by atoms with Gasteiger partial charge in [0.2, 0.25) is 5.82 Å². The summed E-state index contributed by atoms with van der Waals surface area (Å²) in [6.45, 7) is 1.17. The normalized spacial score (nSPS) is 10.6. The van der Waals surface area contributed by atoms with Crippen LogP contribution in [0, 0.1) is 11.3 Å². The molecule has 0 aliphatic heterocycles. The molecule has 0 amide bonds. The van der Waals surface area contributed by atoms with Crippen molar-refractivity contribution in [3.05, 3.63) is 84.1 Å². The molecule has 144 valence electrons. The maximum Gasteiger partial charge on any atom is 0.200 e. The summed E-state index contributed by atoms with van der Waals surface area (Å²) >= 11 is 1.58. The van der Waals surface area contributed by atoms with Gasteiger partial charge in [0.1, 0.15) is 5.75 Å². The van der Waals surface area contributed by atoms with Crippen LogP contribution in [0.1, 0.15) is 11.1 Å². The standard InChI is InChI=1S/C22H18N4O2S/c23-15-17-8-10-19(11-9-17)27-13-14-29-22-25-24-21(20-7-4-12-28-20)26(22)16-18-5-2-1-3-6-18/h1-12H,13-14,16H2. The average Bonchev–Trinajstić information content (AvgIpc) is 3.43. The number of furan rings is 1. The minimum atomic E-state index is 0.519. The zero-order valence-electron chi connectivity index (χ0n) is 15.6. The van der Waals surface area contributed by atoms with Gasteiger partial charge in [0.15, 0.2) is 10.9 Å². The van der Waals surface area contributed by atoms with Crippen LogP contribution in [0.15, 0.2) is 82.6 Å². The second-order valence-electron chi connectivity index (χ2n) is 6.19. The van der Waals surface area contributed by atoms with Crippen LogP contribution in [-0.4, -0.2) is 27.1 Å². The van der Waals surface area contributed by atoms with Crippen molar-refractivity contribution >= 4 is 11.8 Å².